The van der Waals surface area contributed by atoms with Crippen molar-refractivity contribution in [3.05, 3.63) is 46.9 Å². The Morgan fingerprint density at radius 1 is 1.21 bits per heavy atom. The minimum atomic E-state index is -0.0386. The van der Waals surface area contributed by atoms with E-state index < -0.39 is 0 Å². The number of aromatic nitrogens is 4. The van der Waals surface area contributed by atoms with E-state index in [-0.39, 0.29) is 5.56 Å². The van der Waals surface area contributed by atoms with E-state index in [9.17, 15) is 4.79 Å². The van der Waals surface area contributed by atoms with E-state index in [1.807, 2.05) is 12.4 Å². The van der Waals surface area contributed by atoms with E-state index in [1.54, 1.807) is 23.0 Å². The molecular formula is C17H23N5O2. The van der Waals surface area contributed by atoms with Gasteiger partial charge in [0.2, 0.25) is 0 Å². The Morgan fingerprint density at radius 2 is 2.17 bits per heavy atom. The number of imidazole rings is 1. The summed E-state index contributed by atoms with van der Waals surface area (Å²) in [5.74, 6) is 2.03. The predicted molar refractivity (Wildman–Crippen MR) is 88.4 cm³/mol. The molecule has 0 aromatic carbocycles. The van der Waals surface area contributed by atoms with Crippen LogP contribution < -0.4 is 5.56 Å². The standard InChI is InChI=1S/C17H23N5O2/c23-17-2-1-4-19-22(17)11-15-9-20(8-14-3-7-24-13-14)12-16-18-5-6-21(16)10-15/h1-2,4-6,14-15H,3,7-13H2/t14-,15-/m1/s1. The van der Waals surface area contributed by atoms with Crippen LogP contribution in [0.2, 0.25) is 0 Å². The Labute approximate surface area is 140 Å². The molecule has 0 N–H and O–H groups in total. The summed E-state index contributed by atoms with van der Waals surface area (Å²) in [5.41, 5.74) is -0.0386. The second-order valence-electron chi connectivity index (χ2n) is 6.83. The maximum atomic E-state index is 12.0. The smallest absolute Gasteiger partial charge is 0.266 e. The van der Waals surface area contributed by atoms with Gasteiger partial charge >= 0.3 is 0 Å². The zero-order valence-corrected chi connectivity index (χ0v) is 13.8. The van der Waals surface area contributed by atoms with Crippen LogP contribution in [-0.2, 0) is 24.4 Å². The van der Waals surface area contributed by atoms with Gasteiger partial charge in [0, 0.05) is 56.8 Å². The van der Waals surface area contributed by atoms with Gasteiger partial charge in [-0.15, -0.1) is 0 Å². The van der Waals surface area contributed by atoms with Gasteiger partial charge in [-0.25, -0.2) is 9.67 Å². The molecule has 1 fully saturated rings. The van der Waals surface area contributed by atoms with Crippen molar-refractivity contribution in [2.24, 2.45) is 11.8 Å². The highest BCUT2D eigenvalue weighted by Crippen LogP contribution is 2.20. The third kappa shape index (κ3) is 3.42. The number of ether oxygens (including phenoxy) is 1. The quantitative estimate of drug-likeness (QED) is 0.822. The van der Waals surface area contributed by atoms with Gasteiger partial charge in [-0.3, -0.25) is 9.69 Å². The normalized spacial score (nSPS) is 24.7. The molecule has 24 heavy (non-hydrogen) atoms. The molecule has 128 valence electrons. The molecule has 0 bridgehead atoms. The molecule has 2 aromatic rings. The van der Waals surface area contributed by atoms with Gasteiger partial charge in [0.1, 0.15) is 5.82 Å². The topological polar surface area (TPSA) is 65.2 Å². The van der Waals surface area contributed by atoms with Gasteiger partial charge < -0.3 is 9.30 Å². The van der Waals surface area contributed by atoms with Crippen LogP contribution in [0.3, 0.4) is 0 Å². The summed E-state index contributed by atoms with van der Waals surface area (Å²) < 4.78 is 9.30. The molecule has 0 unspecified atom stereocenters. The van der Waals surface area contributed by atoms with Crippen LogP contribution in [0, 0.1) is 11.8 Å². The zero-order chi connectivity index (χ0) is 16.4. The molecule has 2 aliphatic heterocycles. The molecule has 4 rings (SSSR count). The highest BCUT2D eigenvalue weighted by Gasteiger charge is 2.26. The van der Waals surface area contributed by atoms with Crippen molar-refractivity contribution in [3.63, 3.8) is 0 Å². The largest absolute Gasteiger partial charge is 0.381 e. The van der Waals surface area contributed by atoms with Gasteiger partial charge in [0.25, 0.3) is 5.56 Å². The molecule has 1 saturated heterocycles. The first kappa shape index (κ1) is 15.5. The molecule has 0 saturated carbocycles. The average Bonchev–Trinajstić information content (AvgIpc) is 3.19. The fraction of sp³-hybridized carbons (Fsp3) is 0.588. The van der Waals surface area contributed by atoms with Crippen LogP contribution in [0.1, 0.15) is 12.2 Å². The maximum absolute atomic E-state index is 12.0. The second kappa shape index (κ2) is 6.86. The molecule has 7 heteroatoms. The van der Waals surface area contributed by atoms with Crippen LogP contribution in [0.15, 0.2) is 35.5 Å². The van der Waals surface area contributed by atoms with Crippen LogP contribution in [0.25, 0.3) is 0 Å². The highest BCUT2D eigenvalue weighted by atomic mass is 16.5. The van der Waals surface area contributed by atoms with Crippen molar-refractivity contribution in [2.75, 3.05) is 26.3 Å². The van der Waals surface area contributed by atoms with Crippen LogP contribution in [0.4, 0.5) is 0 Å². The lowest BCUT2D eigenvalue weighted by molar-refractivity contribution is 0.152. The summed E-state index contributed by atoms with van der Waals surface area (Å²) in [6, 6.07) is 3.26. The summed E-state index contributed by atoms with van der Waals surface area (Å²) in [6.45, 7) is 6.07. The minimum Gasteiger partial charge on any atom is -0.381 e. The third-order valence-corrected chi connectivity index (χ3v) is 4.89. The van der Waals surface area contributed by atoms with Gasteiger partial charge in [0.05, 0.1) is 19.7 Å². The summed E-state index contributed by atoms with van der Waals surface area (Å²) >= 11 is 0. The van der Waals surface area contributed by atoms with Crippen LogP contribution in [0.5, 0.6) is 0 Å². The molecule has 2 aliphatic rings. The number of nitrogens with zero attached hydrogens (tertiary/aromatic N) is 5. The van der Waals surface area contributed by atoms with E-state index in [0.717, 1.165) is 51.6 Å². The lowest BCUT2D eigenvalue weighted by Gasteiger charge is -2.26. The predicted octanol–water partition coefficient (Wildman–Crippen LogP) is 0.608. The number of hydrogen-bond acceptors (Lipinski definition) is 5. The monoisotopic (exact) mass is 329 g/mol. The molecule has 0 aliphatic carbocycles. The molecule has 0 spiro atoms. The van der Waals surface area contributed by atoms with Gasteiger partial charge in [0.15, 0.2) is 0 Å². The number of rotatable bonds is 4. The Morgan fingerprint density at radius 3 is 3.00 bits per heavy atom. The molecule has 0 radical (unpaired) electrons. The number of fused-ring (bicyclic) bond motifs is 1. The molecule has 7 nitrogen and oxygen atoms in total. The van der Waals surface area contributed by atoms with Gasteiger partial charge in [-0.1, -0.05) is 0 Å². The van der Waals surface area contributed by atoms with E-state index in [2.05, 4.69) is 19.5 Å². The van der Waals surface area contributed by atoms with Crippen LogP contribution in [-0.4, -0.2) is 50.5 Å². The zero-order valence-electron chi connectivity index (χ0n) is 13.8. The van der Waals surface area contributed by atoms with Crippen molar-refractivity contribution >= 4 is 0 Å². The molecule has 4 heterocycles. The van der Waals surface area contributed by atoms with Gasteiger partial charge in [-0.2, -0.15) is 5.10 Å². The minimum absolute atomic E-state index is 0.0386. The van der Waals surface area contributed by atoms with Crippen molar-refractivity contribution in [3.8, 4) is 0 Å². The Kier molecular flexibility index (Phi) is 4.44. The van der Waals surface area contributed by atoms with Crippen molar-refractivity contribution in [2.45, 2.75) is 26.1 Å². The van der Waals surface area contributed by atoms with Crippen molar-refractivity contribution in [1.82, 2.24) is 24.2 Å². The van der Waals surface area contributed by atoms with E-state index >= 15 is 0 Å². The fourth-order valence-electron chi connectivity index (χ4n) is 3.74. The first-order chi connectivity index (χ1) is 11.8. The average molecular weight is 329 g/mol. The highest BCUT2D eigenvalue weighted by molar-refractivity contribution is 4.96. The Hall–Kier alpha value is -1.99. The summed E-state index contributed by atoms with van der Waals surface area (Å²) in [4.78, 5) is 19.0. The maximum Gasteiger partial charge on any atom is 0.266 e. The van der Waals surface area contributed by atoms with E-state index in [4.69, 9.17) is 4.74 Å². The molecule has 2 atom stereocenters. The summed E-state index contributed by atoms with van der Waals surface area (Å²) in [7, 11) is 0. The number of hydrogen-bond donors (Lipinski definition) is 0. The lowest BCUT2D eigenvalue weighted by atomic mass is 10.1. The van der Waals surface area contributed by atoms with E-state index in [0.29, 0.717) is 18.4 Å². The van der Waals surface area contributed by atoms with Crippen LogP contribution >= 0.6 is 0 Å². The summed E-state index contributed by atoms with van der Waals surface area (Å²) in [6.07, 6.45) is 6.71. The first-order valence-corrected chi connectivity index (χ1v) is 8.60. The molecular weight excluding hydrogens is 306 g/mol. The van der Waals surface area contributed by atoms with Gasteiger partial charge in [-0.05, 0) is 18.4 Å². The Bertz CT molecular complexity index is 734. The van der Waals surface area contributed by atoms with E-state index in [1.165, 1.54) is 0 Å². The first-order valence-electron chi connectivity index (χ1n) is 8.60. The summed E-state index contributed by atoms with van der Waals surface area (Å²) in [5, 5.41) is 4.22. The third-order valence-electron chi connectivity index (χ3n) is 4.89. The fourth-order valence-corrected chi connectivity index (χ4v) is 3.74. The van der Waals surface area contributed by atoms with Crippen molar-refractivity contribution in [1.29, 1.82) is 0 Å². The SMILES string of the molecule is O=c1cccnn1C[C@@H]1CN(C[C@H]2CCOC2)Cc2nccn2C1. The molecule has 2 aromatic heterocycles. The lowest BCUT2D eigenvalue weighted by Crippen LogP contribution is -2.36. The second-order valence-corrected chi connectivity index (χ2v) is 6.83. The molecule has 0 amide bonds. The Balaban J connectivity index is 1.52. The van der Waals surface area contributed by atoms with Crippen molar-refractivity contribution < 1.29 is 4.74 Å².